The first-order valence-electron chi connectivity index (χ1n) is 8.09. The average molecular weight is 380 g/mol. The van der Waals surface area contributed by atoms with E-state index in [1.165, 1.54) is 4.90 Å². The van der Waals surface area contributed by atoms with Gasteiger partial charge >= 0.3 is 0 Å². The molecule has 26 heavy (non-hydrogen) atoms. The Labute approximate surface area is 160 Å². The summed E-state index contributed by atoms with van der Waals surface area (Å²) in [5.41, 5.74) is 1.87. The van der Waals surface area contributed by atoms with Gasteiger partial charge in [-0.3, -0.25) is 14.5 Å². The Morgan fingerprint density at radius 1 is 0.769 bits per heavy atom. The van der Waals surface area contributed by atoms with E-state index in [-0.39, 0.29) is 18.4 Å². The van der Waals surface area contributed by atoms with Crippen LogP contribution in [0, 0.1) is 0 Å². The summed E-state index contributed by atoms with van der Waals surface area (Å²) in [5, 5.41) is 0.703. The molecule has 0 saturated carbocycles. The monoisotopic (exact) mass is 379 g/mol. The number of hydrogen-bond acceptors (Lipinski definition) is 3. The van der Waals surface area contributed by atoms with Gasteiger partial charge < -0.3 is 0 Å². The zero-order valence-electron chi connectivity index (χ0n) is 13.7. The summed E-state index contributed by atoms with van der Waals surface area (Å²) in [7, 11) is 0. The van der Waals surface area contributed by atoms with E-state index in [2.05, 4.69) is 0 Å². The van der Waals surface area contributed by atoms with Crippen molar-refractivity contribution in [2.24, 2.45) is 0 Å². The molecule has 5 heteroatoms. The largest absolute Gasteiger partial charge is 0.270 e. The highest BCUT2D eigenvalue weighted by atomic mass is 35.5. The van der Waals surface area contributed by atoms with Crippen molar-refractivity contribution < 1.29 is 9.59 Å². The van der Waals surface area contributed by atoms with Gasteiger partial charge in [-0.05, 0) is 54.1 Å². The van der Waals surface area contributed by atoms with Crippen LogP contribution in [0.5, 0.6) is 0 Å². The Kier molecular flexibility index (Phi) is 4.53. The lowest BCUT2D eigenvalue weighted by Gasteiger charge is -2.14. The van der Waals surface area contributed by atoms with Crippen molar-refractivity contribution in [2.75, 3.05) is 0 Å². The summed E-state index contributed by atoms with van der Waals surface area (Å²) in [6, 6.07) is 22.4. The number of halogens is 1. The van der Waals surface area contributed by atoms with Gasteiger partial charge in [0.05, 0.1) is 17.7 Å². The van der Waals surface area contributed by atoms with Crippen LogP contribution in [0.1, 0.15) is 26.3 Å². The standard InChI is InChI=1S/C21H14ClNO2S/c22-15-8-10-16(11-9-15)26-17-5-3-4-14(12-17)13-23-20(24)18-6-1-2-7-19(18)21(23)25/h1-12H,13H2. The molecule has 0 N–H and O–H groups in total. The maximum atomic E-state index is 12.5. The Morgan fingerprint density at radius 2 is 1.42 bits per heavy atom. The number of hydrogen-bond donors (Lipinski definition) is 0. The van der Waals surface area contributed by atoms with Crippen LogP contribution in [-0.4, -0.2) is 16.7 Å². The number of carbonyl (C=O) groups excluding carboxylic acids is 2. The molecule has 128 valence electrons. The van der Waals surface area contributed by atoms with Crippen molar-refractivity contribution in [1.82, 2.24) is 4.90 Å². The molecule has 3 aromatic rings. The first-order valence-corrected chi connectivity index (χ1v) is 9.29. The number of fused-ring (bicyclic) bond motifs is 1. The fourth-order valence-electron chi connectivity index (χ4n) is 2.91. The minimum absolute atomic E-state index is 0.235. The van der Waals surface area contributed by atoms with Crippen LogP contribution >= 0.6 is 23.4 Å². The lowest BCUT2D eigenvalue weighted by atomic mass is 10.1. The maximum Gasteiger partial charge on any atom is 0.261 e. The fraction of sp³-hybridized carbons (Fsp3) is 0.0476. The molecule has 0 spiro atoms. The van der Waals surface area contributed by atoms with Gasteiger partial charge in [0.1, 0.15) is 0 Å². The quantitative estimate of drug-likeness (QED) is 0.578. The van der Waals surface area contributed by atoms with Crippen LogP contribution in [-0.2, 0) is 6.54 Å². The number of benzene rings is 3. The summed E-state index contributed by atoms with van der Waals surface area (Å²) in [5.74, 6) is -0.470. The number of rotatable bonds is 4. The molecule has 1 aliphatic heterocycles. The highest BCUT2D eigenvalue weighted by molar-refractivity contribution is 7.99. The zero-order chi connectivity index (χ0) is 18.1. The summed E-state index contributed by atoms with van der Waals surface area (Å²) >= 11 is 7.53. The van der Waals surface area contributed by atoms with E-state index in [0.29, 0.717) is 16.1 Å². The van der Waals surface area contributed by atoms with Crippen molar-refractivity contribution in [3.8, 4) is 0 Å². The molecule has 0 atom stereocenters. The van der Waals surface area contributed by atoms with Gasteiger partial charge in [0.15, 0.2) is 0 Å². The molecule has 0 aliphatic carbocycles. The van der Waals surface area contributed by atoms with E-state index in [1.807, 2.05) is 48.5 Å². The van der Waals surface area contributed by atoms with Gasteiger partial charge in [-0.15, -0.1) is 0 Å². The topological polar surface area (TPSA) is 37.4 Å². The number of amides is 2. The molecule has 1 aliphatic rings. The third-order valence-corrected chi connectivity index (χ3v) is 5.42. The second kappa shape index (κ2) is 6.98. The third-order valence-electron chi connectivity index (χ3n) is 4.17. The molecule has 0 unspecified atom stereocenters. The Bertz CT molecular complexity index is 966. The fourth-order valence-corrected chi connectivity index (χ4v) is 3.94. The van der Waals surface area contributed by atoms with Gasteiger partial charge in [0.2, 0.25) is 0 Å². The van der Waals surface area contributed by atoms with Crippen LogP contribution in [0.3, 0.4) is 0 Å². The second-order valence-corrected chi connectivity index (χ2v) is 7.53. The van der Waals surface area contributed by atoms with E-state index in [0.717, 1.165) is 15.4 Å². The van der Waals surface area contributed by atoms with Crippen LogP contribution < -0.4 is 0 Å². The molecule has 3 aromatic carbocycles. The molecule has 0 radical (unpaired) electrons. The lowest BCUT2D eigenvalue weighted by molar-refractivity contribution is 0.0642. The van der Waals surface area contributed by atoms with Crippen molar-refractivity contribution in [3.05, 3.63) is 94.5 Å². The average Bonchev–Trinajstić information content (AvgIpc) is 2.89. The minimum Gasteiger partial charge on any atom is -0.270 e. The number of imide groups is 1. The minimum atomic E-state index is -0.235. The van der Waals surface area contributed by atoms with E-state index in [1.54, 1.807) is 36.0 Å². The molecule has 4 rings (SSSR count). The van der Waals surface area contributed by atoms with Crippen molar-refractivity contribution in [2.45, 2.75) is 16.3 Å². The molecule has 3 nitrogen and oxygen atoms in total. The van der Waals surface area contributed by atoms with E-state index < -0.39 is 0 Å². The van der Waals surface area contributed by atoms with Gasteiger partial charge in [-0.25, -0.2) is 0 Å². The summed E-state index contributed by atoms with van der Waals surface area (Å²) in [6.07, 6.45) is 0. The molecule has 1 heterocycles. The van der Waals surface area contributed by atoms with Crippen LogP contribution in [0.15, 0.2) is 82.6 Å². The van der Waals surface area contributed by atoms with E-state index in [4.69, 9.17) is 11.6 Å². The highest BCUT2D eigenvalue weighted by Crippen LogP contribution is 2.30. The van der Waals surface area contributed by atoms with Crippen molar-refractivity contribution >= 4 is 35.2 Å². The highest BCUT2D eigenvalue weighted by Gasteiger charge is 2.34. The van der Waals surface area contributed by atoms with Crippen molar-refractivity contribution in [3.63, 3.8) is 0 Å². The van der Waals surface area contributed by atoms with Gasteiger partial charge in [-0.1, -0.05) is 47.6 Å². The lowest BCUT2D eigenvalue weighted by Crippen LogP contribution is -2.29. The molecule has 0 aromatic heterocycles. The SMILES string of the molecule is O=C1c2ccccc2C(=O)N1Cc1cccc(Sc2ccc(Cl)cc2)c1. The first kappa shape index (κ1) is 16.9. The van der Waals surface area contributed by atoms with Crippen LogP contribution in [0.2, 0.25) is 5.02 Å². The molecular formula is C21H14ClNO2S. The predicted octanol–water partition coefficient (Wildman–Crippen LogP) is 5.29. The molecule has 0 bridgehead atoms. The van der Waals surface area contributed by atoms with Gasteiger partial charge in [-0.2, -0.15) is 0 Å². The smallest absolute Gasteiger partial charge is 0.261 e. The molecule has 2 amide bonds. The third kappa shape index (κ3) is 3.26. The summed E-state index contributed by atoms with van der Waals surface area (Å²) < 4.78 is 0. The van der Waals surface area contributed by atoms with E-state index >= 15 is 0 Å². The van der Waals surface area contributed by atoms with Crippen LogP contribution in [0.4, 0.5) is 0 Å². The van der Waals surface area contributed by atoms with Crippen molar-refractivity contribution in [1.29, 1.82) is 0 Å². The second-order valence-electron chi connectivity index (χ2n) is 5.95. The zero-order valence-corrected chi connectivity index (χ0v) is 15.3. The normalized spacial score (nSPS) is 13.2. The van der Waals surface area contributed by atoms with E-state index in [9.17, 15) is 9.59 Å². The molecule has 0 fully saturated rings. The Balaban J connectivity index is 1.54. The predicted molar refractivity (Wildman–Crippen MR) is 103 cm³/mol. The van der Waals surface area contributed by atoms with Gasteiger partial charge in [0.25, 0.3) is 11.8 Å². The Morgan fingerprint density at radius 3 is 2.08 bits per heavy atom. The number of carbonyl (C=O) groups is 2. The van der Waals surface area contributed by atoms with Crippen LogP contribution in [0.25, 0.3) is 0 Å². The first-order chi connectivity index (χ1) is 12.6. The summed E-state index contributed by atoms with van der Waals surface area (Å²) in [4.78, 5) is 28.4. The number of nitrogens with zero attached hydrogens (tertiary/aromatic N) is 1. The summed E-state index contributed by atoms with van der Waals surface area (Å²) in [6.45, 7) is 0.265. The Hall–Kier alpha value is -2.56. The van der Waals surface area contributed by atoms with Gasteiger partial charge in [0, 0.05) is 14.8 Å². The maximum absolute atomic E-state index is 12.5. The molecule has 0 saturated heterocycles. The molecular weight excluding hydrogens is 366 g/mol.